The van der Waals surface area contributed by atoms with Gasteiger partial charge >= 0.3 is 6.18 Å². The standard InChI is InChI=1S/C23H28F3N5O3/c1-21(2)9-13(18(32)30-21)8-14(11-27)28-19(33)16-10-22(6-3-7-22)12-31(16)20(34)15-4-5-17(29-15)23(24,25)26/h4-5,13-14,16,29H,3,6-10,12H2,1-2H3,(H,28,33)(H,30,32). The lowest BCUT2D eigenvalue weighted by Crippen LogP contribution is -2.49. The Morgan fingerprint density at radius 2 is 2.00 bits per heavy atom. The molecular formula is C23H28F3N5O3. The fourth-order valence-corrected chi connectivity index (χ4v) is 5.46. The summed E-state index contributed by atoms with van der Waals surface area (Å²) in [5.74, 6) is -1.79. The van der Waals surface area contributed by atoms with E-state index in [-0.39, 0.29) is 35.5 Å². The minimum absolute atomic E-state index is 0.148. The molecule has 3 unspecified atom stereocenters. The highest BCUT2D eigenvalue weighted by Crippen LogP contribution is 2.50. The van der Waals surface area contributed by atoms with Crippen LogP contribution in [0.25, 0.3) is 0 Å². The summed E-state index contributed by atoms with van der Waals surface area (Å²) in [6.45, 7) is 4.05. The summed E-state index contributed by atoms with van der Waals surface area (Å²) < 4.78 is 38.9. The summed E-state index contributed by atoms with van der Waals surface area (Å²) in [6, 6.07) is 2.09. The molecule has 1 aliphatic carbocycles. The van der Waals surface area contributed by atoms with E-state index in [4.69, 9.17) is 0 Å². The molecule has 34 heavy (non-hydrogen) atoms. The minimum Gasteiger partial charge on any atom is -0.351 e. The summed E-state index contributed by atoms with van der Waals surface area (Å²) in [5.41, 5.74) is -1.88. The van der Waals surface area contributed by atoms with Gasteiger partial charge in [0.25, 0.3) is 5.91 Å². The van der Waals surface area contributed by atoms with Crippen molar-refractivity contribution in [3.63, 3.8) is 0 Å². The van der Waals surface area contributed by atoms with Crippen molar-refractivity contribution in [2.45, 2.75) is 76.2 Å². The van der Waals surface area contributed by atoms with Gasteiger partial charge in [-0.05, 0) is 63.5 Å². The molecule has 0 aromatic carbocycles. The summed E-state index contributed by atoms with van der Waals surface area (Å²) in [5, 5.41) is 15.1. The van der Waals surface area contributed by atoms with Gasteiger partial charge in [0.2, 0.25) is 11.8 Å². The van der Waals surface area contributed by atoms with Crippen molar-refractivity contribution in [2.75, 3.05) is 6.54 Å². The SMILES string of the molecule is CC1(C)CC(CC(C#N)NC(=O)C2CC3(CCC3)CN2C(=O)c2ccc(C(F)(F)F)[nH]2)C(=O)N1. The van der Waals surface area contributed by atoms with E-state index < -0.39 is 41.7 Å². The van der Waals surface area contributed by atoms with Gasteiger partial charge in [-0.2, -0.15) is 18.4 Å². The van der Waals surface area contributed by atoms with Crippen LogP contribution in [0, 0.1) is 22.7 Å². The van der Waals surface area contributed by atoms with Gasteiger partial charge < -0.3 is 20.5 Å². The van der Waals surface area contributed by atoms with Crippen LogP contribution in [0.3, 0.4) is 0 Å². The summed E-state index contributed by atoms with van der Waals surface area (Å²) in [7, 11) is 0. The maximum atomic E-state index is 13.2. The Balaban J connectivity index is 1.48. The monoisotopic (exact) mass is 479 g/mol. The Morgan fingerprint density at radius 1 is 1.29 bits per heavy atom. The first kappa shape index (κ1) is 24.1. The molecule has 0 bridgehead atoms. The molecule has 1 aromatic rings. The van der Waals surface area contributed by atoms with Gasteiger partial charge in [-0.3, -0.25) is 14.4 Å². The molecule has 3 amide bonds. The lowest BCUT2D eigenvalue weighted by molar-refractivity contribution is -0.140. The molecular weight excluding hydrogens is 451 g/mol. The zero-order valence-corrected chi connectivity index (χ0v) is 19.1. The molecule has 11 heteroatoms. The van der Waals surface area contributed by atoms with Crippen LogP contribution in [-0.4, -0.2) is 51.8 Å². The molecule has 3 N–H and O–H groups in total. The number of nitrogens with zero attached hydrogens (tertiary/aromatic N) is 2. The van der Waals surface area contributed by atoms with E-state index in [0.717, 1.165) is 31.4 Å². The molecule has 3 atom stereocenters. The largest absolute Gasteiger partial charge is 0.431 e. The van der Waals surface area contributed by atoms with Crippen molar-refractivity contribution < 1.29 is 27.6 Å². The van der Waals surface area contributed by atoms with Crippen LogP contribution >= 0.6 is 0 Å². The molecule has 4 rings (SSSR count). The maximum absolute atomic E-state index is 13.2. The number of carbonyl (C=O) groups excluding carboxylic acids is 3. The number of nitriles is 1. The van der Waals surface area contributed by atoms with Crippen molar-refractivity contribution in [1.29, 1.82) is 5.26 Å². The van der Waals surface area contributed by atoms with E-state index in [1.807, 2.05) is 19.9 Å². The van der Waals surface area contributed by atoms with E-state index in [1.165, 1.54) is 4.90 Å². The number of carbonyl (C=O) groups is 3. The fraction of sp³-hybridized carbons (Fsp3) is 0.652. The fourth-order valence-electron chi connectivity index (χ4n) is 5.46. The predicted molar refractivity (Wildman–Crippen MR) is 114 cm³/mol. The van der Waals surface area contributed by atoms with Gasteiger partial charge in [0, 0.05) is 18.0 Å². The third-order valence-corrected chi connectivity index (χ3v) is 7.29. The van der Waals surface area contributed by atoms with E-state index in [1.54, 1.807) is 0 Å². The van der Waals surface area contributed by atoms with Crippen LogP contribution in [0.2, 0.25) is 0 Å². The highest BCUT2D eigenvalue weighted by molar-refractivity contribution is 5.97. The summed E-state index contributed by atoms with van der Waals surface area (Å²) in [6.07, 6.45) is -0.913. The summed E-state index contributed by atoms with van der Waals surface area (Å²) >= 11 is 0. The van der Waals surface area contributed by atoms with Crippen LogP contribution in [0.4, 0.5) is 13.2 Å². The lowest BCUT2D eigenvalue weighted by atomic mass is 9.67. The second kappa shape index (κ2) is 8.32. The molecule has 8 nitrogen and oxygen atoms in total. The van der Waals surface area contributed by atoms with Crippen LogP contribution in [0.15, 0.2) is 12.1 Å². The molecule has 2 aliphatic heterocycles. The van der Waals surface area contributed by atoms with Crippen LogP contribution in [0.5, 0.6) is 0 Å². The number of amides is 3. The van der Waals surface area contributed by atoms with E-state index in [0.29, 0.717) is 12.8 Å². The Morgan fingerprint density at radius 3 is 2.50 bits per heavy atom. The number of aromatic amines is 1. The third-order valence-electron chi connectivity index (χ3n) is 7.29. The molecule has 0 radical (unpaired) electrons. The molecule has 2 saturated heterocycles. The van der Waals surface area contributed by atoms with Crippen LogP contribution in [-0.2, 0) is 15.8 Å². The van der Waals surface area contributed by atoms with Crippen molar-refractivity contribution >= 4 is 17.7 Å². The van der Waals surface area contributed by atoms with Gasteiger partial charge in [0.05, 0.1) is 6.07 Å². The number of H-pyrrole nitrogens is 1. The Hall–Kier alpha value is -3.03. The molecule has 1 aromatic heterocycles. The van der Waals surface area contributed by atoms with E-state index in [2.05, 4.69) is 15.6 Å². The second-order valence-corrected chi connectivity index (χ2v) is 10.5. The topological polar surface area (TPSA) is 118 Å². The van der Waals surface area contributed by atoms with Gasteiger partial charge in [0.15, 0.2) is 0 Å². The Bertz CT molecular complexity index is 1040. The van der Waals surface area contributed by atoms with Crippen molar-refractivity contribution in [1.82, 2.24) is 20.5 Å². The molecule has 1 saturated carbocycles. The molecule has 3 aliphatic rings. The number of rotatable bonds is 5. The van der Waals surface area contributed by atoms with Crippen molar-refractivity contribution in [2.24, 2.45) is 11.3 Å². The van der Waals surface area contributed by atoms with Gasteiger partial charge in [-0.15, -0.1) is 0 Å². The first-order valence-corrected chi connectivity index (χ1v) is 11.4. The van der Waals surface area contributed by atoms with Crippen LogP contribution < -0.4 is 10.6 Å². The number of aromatic nitrogens is 1. The van der Waals surface area contributed by atoms with E-state index >= 15 is 0 Å². The number of nitrogens with one attached hydrogen (secondary N) is 3. The lowest BCUT2D eigenvalue weighted by Gasteiger charge is -2.37. The van der Waals surface area contributed by atoms with Crippen molar-refractivity contribution in [3.8, 4) is 6.07 Å². The normalized spacial score (nSPS) is 26.0. The number of likely N-dealkylation sites (tertiary alicyclic amines) is 1. The third kappa shape index (κ3) is 4.63. The maximum Gasteiger partial charge on any atom is 0.431 e. The zero-order valence-electron chi connectivity index (χ0n) is 19.1. The first-order chi connectivity index (χ1) is 15.8. The Kier molecular flexibility index (Phi) is 5.90. The average Bonchev–Trinajstić information content (AvgIpc) is 3.41. The number of hydrogen-bond acceptors (Lipinski definition) is 4. The van der Waals surface area contributed by atoms with Crippen LogP contribution in [0.1, 0.15) is 68.6 Å². The second-order valence-electron chi connectivity index (χ2n) is 10.5. The minimum atomic E-state index is -4.61. The first-order valence-electron chi connectivity index (χ1n) is 11.4. The molecule has 3 fully saturated rings. The molecule has 184 valence electrons. The van der Waals surface area contributed by atoms with E-state index in [9.17, 15) is 32.8 Å². The smallest absolute Gasteiger partial charge is 0.351 e. The Labute approximate surface area is 195 Å². The quantitative estimate of drug-likeness (QED) is 0.602. The predicted octanol–water partition coefficient (Wildman–Crippen LogP) is 2.73. The average molecular weight is 480 g/mol. The number of hydrogen-bond donors (Lipinski definition) is 3. The van der Waals surface area contributed by atoms with Gasteiger partial charge in [-0.25, -0.2) is 0 Å². The van der Waals surface area contributed by atoms with Gasteiger partial charge in [-0.1, -0.05) is 6.42 Å². The highest BCUT2D eigenvalue weighted by atomic mass is 19.4. The number of halogens is 3. The number of alkyl halides is 3. The molecule has 1 spiro atoms. The van der Waals surface area contributed by atoms with Crippen molar-refractivity contribution in [3.05, 3.63) is 23.5 Å². The molecule has 3 heterocycles. The zero-order chi connectivity index (χ0) is 24.9. The summed E-state index contributed by atoms with van der Waals surface area (Å²) in [4.78, 5) is 42.0. The highest BCUT2D eigenvalue weighted by Gasteiger charge is 2.52. The van der Waals surface area contributed by atoms with Gasteiger partial charge in [0.1, 0.15) is 23.5 Å².